The molecule has 0 atom stereocenters. The van der Waals surface area contributed by atoms with Crippen molar-refractivity contribution in [1.82, 2.24) is 0 Å². The van der Waals surface area contributed by atoms with E-state index < -0.39 is 0 Å². The molecule has 1 nitrogen and oxygen atoms in total. The highest BCUT2D eigenvalue weighted by atomic mass is 79.9. The monoisotopic (exact) mass is 309 g/mol. The summed E-state index contributed by atoms with van der Waals surface area (Å²) in [7, 11) is 0. The zero-order valence-corrected chi connectivity index (χ0v) is 12.0. The normalized spacial score (nSPS) is 18.9. The van der Waals surface area contributed by atoms with Crippen molar-refractivity contribution in [1.29, 1.82) is 5.26 Å². The second kappa shape index (κ2) is 5.84. The maximum atomic E-state index is 13.5. The van der Waals surface area contributed by atoms with E-state index in [-0.39, 0.29) is 11.2 Å². The van der Waals surface area contributed by atoms with Crippen LogP contribution in [0.15, 0.2) is 22.7 Å². The molecule has 96 valence electrons. The minimum absolute atomic E-state index is 0.241. The Morgan fingerprint density at radius 1 is 1.22 bits per heavy atom. The van der Waals surface area contributed by atoms with Gasteiger partial charge in [-0.15, -0.1) is 0 Å². The molecule has 2 rings (SSSR count). The van der Waals surface area contributed by atoms with Gasteiger partial charge >= 0.3 is 0 Å². The summed E-state index contributed by atoms with van der Waals surface area (Å²) in [4.78, 5) is 0. The van der Waals surface area contributed by atoms with E-state index in [1.165, 1.54) is 18.9 Å². The molecule has 1 aromatic rings. The van der Waals surface area contributed by atoms with Crippen molar-refractivity contribution >= 4 is 15.9 Å². The third kappa shape index (κ3) is 2.92. The van der Waals surface area contributed by atoms with Crippen LogP contribution >= 0.6 is 15.9 Å². The fourth-order valence-corrected chi connectivity index (χ4v) is 3.19. The Bertz CT molecular complexity index is 456. The van der Waals surface area contributed by atoms with Gasteiger partial charge in [-0.3, -0.25) is 0 Å². The molecule has 1 aliphatic rings. The Balaban J connectivity index is 2.24. The number of nitrogens with zero attached hydrogens (tertiary/aromatic N) is 1. The van der Waals surface area contributed by atoms with Gasteiger partial charge in [-0.25, -0.2) is 4.39 Å². The maximum absolute atomic E-state index is 13.5. The second-order valence-corrected chi connectivity index (χ2v) is 5.99. The molecule has 0 radical (unpaired) electrons. The van der Waals surface area contributed by atoms with Crippen LogP contribution in [-0.2, 0) is 6.42 Å². The molecule has 0 amide bonds. The van der Waals surface area contributed by atoms with Crippen molar-refractivity contribution in [3.8, 4) is 6.07 Å². The first kappa shape index (κ1) is 13.5. The fourth-order valence-electron chi connectivity index (χ4n) is 2.78. The molecule has 18 heavy (non-hydrogen) atoms. The zero-order chi connectivity index (χ0) is 13.0. The van der Waals surface area contributed by atoms with Crippen LogP contribution in [0, 0.1) is 22.6 Å². The summed E-state index contributed by atoms with van der Waals surface area (Å²) in [5.41, 5.74) is 0.616. The Morgan fingerprint density at radius 2 is 1.89 bits per heavy atom. The van der Waals surface area contributed by atoms with Crippen LogP contribution in [0.25, 0.3) is 0 Å². The SMILES string of the molecule is N#CC1(Cc2cccc(F)c2Br)CCCCCC1. The lowest BCUT2D eigenvalue weighted by Crippen LogP contribution is -2.21. The first-order chi connectivity index (χ1) is 8.67. The van der Waals surface area contributed by atoms with Gasteiger partial charge in [0.15, 0.2) is 0 Å². The van der Waals surface area contributed by atoms with E-state index in [1.54, 1.807) is 6.07 Å². The number of benzene rings is 1. The lowest BCUT2D eigenvalue weighted by molar-refractivity contribution is 0.338. The predicted octanol–water partition coefficient (Wildman–Crippen LogP) is 4.99. The average molecular weight is 310 g/mol. The highest BCUT2D eigenvalue weighted by Crippen LogP contribution is 2.39. The van der Waals surface area contributed by atoms with Gasteiger partial charge < -0.3 is 0 Å². The highest BCUT2D eigenvalue weighted by molar-refractivity contribution is 9.10. The summed E-state index contributed by atoms with van der Waals surface area (Å²) < 4.78 is 14.0. The molecular formula is C15H17BrFN. The van der Waals surface area contributed by atoms with Gasteiger partial charge in [-0.2, -0.15) is 5.26 Å². The quantitative estimate of drug-likeness (QED) is 0.706. The van der Waals surface area contributed by atoms with E-state index >= 15 is 0 Å². The molecule has 0 heterocycles. The van der Waals surface area contributed by atoms with Crippen molar-refractivity contribution < 1.29 is 4.39 Å². The molecule has 1 aliphatic carbocycles. The number of hydrogen-bond donors (Lipinski definition) is 0. The maximum Gasteiger partial charge on any atom is 0.137 e. The van der Waals surface area contributed by atoms with Crippen LogP contribution in [0.1, 0.15) is 44.1 Å². The van der Waals surface area contributed by atoms with Crippen LogP contribution in [0.4, 0.5) is 4.39 Å². The summed E-state index contributed by atoms with van der Waals surface area (Å²) in [6.07, 6.45) is 7.18. The molecule has 0 aliphatic heterocycles. The van der Waals surface area contributed by atoms with Gasteiger partial charge in [0.2, 0.25) is 0 Å². The molecule has 1 saturated carbocycles. The molecular weight excluding hydrogens is 293 g/mol. The van der Waals surface area contributed by atoms with E-state index in [0.29, 0.717) is 10.9 Å². The third-order valence-electron chi connectivity index (χ3n) is 3.86. The van der Waals surface area contributed by atoms with Crippen molar-refractivity contribution in [3.05, 3.63) is 34.1 Å². The standard InChI is InChI=1S/C15H17BrFN/c16-14-12(6-5-7-13(14)17)10-15(11-18)8-3-1-2-4-9-15/h5-7H,1-4,8-10H2. The largest absolute Gasteiger partial charge is 0.206 e. The summed E-state index contributed by atoms with van der Waals surface area (Å²) >= 11 is 3.30. The first-order valence-corrected chi connectivity index (χ1v) is 7.30. The lowest BCUT2D eigenvalue weighted by atomic mass is 9.77. The average Bonchev–Trinajstić information content (AvgIpc) is 2.61. The van der Waals surface area contributed by atoms with Gasteiger partial charge in [-0.1, -0.05) is 37.8 Å². The van der Waals surface area contributed by atoms with Gasteiger partial charge in [0, 0.05) is 0 Å². The Morgan fingerprint density at radius 3 is 2.50 bits per heavy atom. The smallest absolute Gasteiger partial charge is 0.137 e. The van der Waals surface area contributed by atoms with Crippen LogP contribution < -0.4 is 0 Å². The molecule has 0 unspecified atom stereocenters. The lowest BCUT2D eigenvalue weighted by Gasteiger charge is -2.25. The van der Waals surface area contributed by atoms with Crippen molar-refractivity contribution in [3.63, 3.8) is 0 Å². The Labute approximate surface area is 116 Å². The molecule has 0 N–H and O–H groups in total. The first-order valence-electron chi connectivity index (χ1n) is 6.51. The van der Waals surface area contributed by atoms with E-state index in [9.17, 15) is 9.65 Å². The Hall–Kier alpha value is -0.880. The molecule has 1 fully saturated rings. The van der Waals surface area contributed by atoms with Gasteiger partial charge in [-0.05, 0) is 46.8 Å². The summed E-state index contributed by atoms with van der Waals surface area (Å²) in [6, 6.07) is 7.59. The number of hydrogen-bond acceptors (Lipinski definition) is 1. The summed E-state index contributed by atoms with van der Waals surface area (Å²) in [6.45, 7) is 0. The van der Waals surface area contributed by atoms with Crippen LogP contribution in [0.2, 0.25) is 0 Å². The van der Waals surface area contributed by atoms with E-state index in [0.717, 1.165) is 31.2 Å². The van der Waals surface area contributed by atoms with E-state index in [2.05, 4.69) is 22.0 Å². The molecule has 0 spiro atoms. The van der Waals surface area contributed by atoms with Gasteiger partial charge in [0.05, 0.1) is 16.0 Å². The van der Waals surface area contributed by atoms with E-state index in [1.807, 2.05) is 6.07 Å². The molecule has 1 aromatic carbocycles. The molecule has 0 bridgehead atoms. The highest BCUT2D eigenvalue weighted by Gasteiger charge is 2.31. The second-order valence-electron chi connectivity index (χ2n) is 5.20. The number of nitriles is 1. The minimum atomic E-state index is -0.299. The van der Waals surface area contributed by atoms with Crippen molar-refractivity contribution in [2.75, 3.05) is 0 Å². The third-order valence-corrected chi connectivity index (χ3v) is 4.75. The van der Waals surface area contributed by atoms with Crippen molar-refractivity contribution in [2.24, 2.45) is 5.41 Å². The predicted molar refractivity (Wildman–Crippen MR) is 73.6 cm³/mol. The molecule has 0 saturated heterocycles. The number of rotatable bonds is 2. The fraction of sp³-hybridized carbons (Fsp3) is 0.533. The topological polar surface area (TPSA) is 23.8 Å². The van der Waals surface area contributed by atoms with Crippen molar-refractivity contribution in [2.45, 2.75) is 44.9 Å². The molecule has 0 aromatic heterocycles. The van der Waals surface area contributed by atoms with E-state index in [4.69, 9.17) is 0 Å². The summed E-state index contributed by atoms with van der Waals surface area (Å²) in [5, 5.41) is 9.53. The minimum Gasteiger partial charge on any atom is -0.206 e. The van der Waals surface area contributed by atoms with Crippen LogP contribution in [0.5, 0.6) is 0 Å². The molecule has 3 heteroatoms. The van der Waals surface area contributed by atoms with Crippen LogP contribution in [-0.4, -0.2) is 0 Å². The van der Waals surface area contributed by atoms with Crippen LogP contribution in [0.3, 0.4) is 0 Å². The van der Waals surface area contributed by atoms with Gasteiger partial charge in [0.25, 0.3) is 0 Å². The summed E-state index contributed by atoms with van der Waals surface area (Å²) in [5.74, 6) is -0.241. The van der Waals surface area contributed by atoms with Gasteiger partial charge in [0.1, 0.15) is 5.82 Å². The zero-order valence-electron chi connectivity index (χ0n) is 10.4. The Kier molecular flexibility index (Phi) is 4.40. The number of halogens is 2.